The number of fused-ring (bicyclic) bond motifs is 1. The second-order valence-electron chi connectivity index (χ2n) is 7.05. The van der Waals surface area contributed by atoms with Crippen molar-refractivity contribution in [2.24, 2.45) is 0 Å². The summed E-state index contributed by atoms with van der Waals surface area (Å²) >= 11 is 1.50. The maximum absolute atomic E-state index is 13.3. The van der Waals surface area contributed by atoms with Gasteiger partial charge < -0.3 is 9.64 Å². The molecule has 1 aromatic heterocycles. The van der Waals surface area contributed by atoms with Crippen molar-refractivity contribution in [3.63, 3.8) is 0 Å². The molecule has 0 bridgehead atoms. The van der Waals surface area contributed by atoms with E-state index in [4.69, 9.17) is 4.74 Å². The number of nitrogens with zero attached hydrogens (tertiary/aromatic N) is 3. The minimum absolute atomic E-state index is 0.0301. The van der Waals surface area contributed by atoms with E-state index in [2.05, 4.69) is 4.98 Å². The molecule has 3 heterocycles. The van der Waals surface area contributed by atoms with Gasteiger partial charge in [0.15, 0.2) is 0 Å². The van der Waals surface area contributed by atoms with Gasteiger partial charge in [0.2, 0.25) is 15.9 Å². The summed E-state index contributed by atoms with van der Waals surface area (Å²) in [7, 11) is -3.74. The molecule has 1 saturated heterocycles. The van der Waals surface area contributed by atoms with Gasteiger partial charge >= 0.3 is 0 Å². The second-order valence-corrected chi connectivity index (χ2v) is 10.0. The number of aryl methyl sites for hydroxylation is 1. The van der Waals surface area contributed by atoms with E-state index in [0.717, 1.165) is 10.7 Å². The smallest absolute Gasteiger partial charge is 0.247 e. The molecule has 4 rings (SSSR count). The van der Waals surface area contributed by atoms with Crippen molar-refractivity contribution >= 4 is 27.3 Å². The van der Waals surface area contributed by atoms with E-state index in [-0.39, 0.29) is 23.9 Å². The standard InChI is InChI=1S/C18H21N3O4S2/c1-13-19-15(10-26-13)9-21-12-18(7-8-20(11-18)14(2)22)25-16-5-3-4-6-17(16)27(21,23)24/h3-6,10H,7-9,11-12H2,1-2H3/t18-/m1/s1. The lowest BCUT2D eigenvalue weighted by molar-refractivity contribution is -0.128. The molecule has 1 fully saturated rings. The molecule has 0 N–H and O–H groups in total. The number of para-hydroxylation sites is 1. The molecular formula is C18H21N3O4S2. The third-order valence-corrected chi connectivity index (χ3v) is 7.68. The number of carbonyl (C=O) groups is 1. The van der Waals surface area contributed by atoms with Crippen molar-refractivity contribution in [3.05, 3.63) is 40.3 Å². The first-order chi connectivity index (χ1) is 12.8. The molecule has 2 aromatic rings. The number of ether oxygens (including phenoxy) is 1. The number of hydrogen-bond donors (Lipinski definition) is 0. The Balaban J connectivity index is 1.76. The molecule has 144 valence electrons. The molecule has 2 aliphatic rings. The summed E-state index contributed by atoms with van der Waals surface area (Å²) in [6, 6.07) is 6.71. The summed E-state index contributed by atoms with van der Waals surface area (Å²) in [5.74, 6) is 0.317. The molecule has 27 heavy (non-hydrogen) atoms. The Labute approximate surface area is 162 Å². The molecule has 9 heteroatoms. The lowest BCUT2D eigenvalue weighted by atomic mass is 10.0. The zero-order valence-corrected chi connectivity index (χ0v) is 16.8. The van der Waals surface area contributed by atoms with Gasteiger partial charge in [-0.05, 0) is 19.1 Å². The Morgan fingerprint density at radius 1 is 1.33 bits per heavy atom. The van der Waals surface area contributed by atoms with Crippen LogP contribution >= 0.6 is 11.3 Å². The number of sulfonamides is 1. The van der Waals surface area contributed by atoms with Crippen molar-refractivity contribution in [2.45, 2.75) is 37.3 Å². The van der Waals surface area contributed by atoms with Gasteiger partial charge in [-0.1, -0.05) is 12.1 Å². The summed E-state index contributed by atoms with van der Waals surface area (Å²) in [4.78, 5) is 18.1. The quantitative estimate of drug-likeness (QED) is 0.761. The zero-order valence-electron chi connectivity index (χ0n) is 15.2. The molecule has 0 radical (unpaired) electrons. The number of aromatic nitrogens is 1. The van der Waals surface area contributed by atoms with Crippen molar-refractivity contribution in [1.82, 2.24) is 14.2 Å². The second kappa shape index (κ2) is 6.57. The Morgan fingerprint density at radius 3 is 2.78 bits per heavy atom. The summed E-state index contributed by atoms with van der Waals surface area (Å²) in [5.41, 5.74) is -0.0341. The van der Waals surface area contributed by atoms with Gasteiger partial charge in [-0.15, -0.1) is 11.3 Å². The van der Waals surface area contributed by atoms with Crippen molar-refractivity contribution < 1.29 is 17.9 Å². The highest BCUT2D eigenvalue weighted by Gasteiger charge is 2.48. The van der Waals surface area contributed by atoms with Crippen LogP contribution in [0.25, 0.3) is 0 Å². The van der Waals surface area contributed by atoms with Crippen molar-refractivity contribution in [3.8, 4) is 5.75 Å². The molecule has 7 nitrogen and oxygen atoms in total. The number of hydrogen-bond acceptors (Lipinski definition) is 6. The van der Waals surface area contributed by atoms with E-state index in [9.17, 15) is 13.2 Å². The topological polar surface area (TPSA) is 79.8 Å². The predicted octanol–water partition coefficient (Wildman–Crippen LogP) is 2.03. The summed E-state index contributed by atoms with van der Waals surface area (Å²) < 4.78 is 34.4. The Kier molecular flexibility index (Phi) is 4.48. The fourth-order valence-corrected chi connectivity index (χ4v) is 5.89. The summed E-state index contributed by atoms with van der Waals surface area (Å²) in [5, 5.41) is 2.78. The van der Waals surface area contributed by atoms with Gasteiger partial charge in [0.1, 0.15) is 16.2 Å². The third kappa shape index (κ3) is 3.35. The molecular weight excluding hydrogens is 386 g/mol. The summed E-state index contributed by atoms with van der Waals surface area (Å²) in [6.07, 6.45) is 0.586. The van der Waals surface area contributed by atoms with Crippen LogP contribution in [0.2, 0.25) is 0 Å². The van der Waals surface area contributed by atoms with Crippen molar-refractivity contribution in [2.75, 3.05) is 19.6 Å². The molecule has 0 unspecified atom stereocenters. The predicted molar refractivity (Wildman–Crippen MR) is 101 cm³/mol. The van der Waals surface area contributed by atoms with E-state index in [1.807, 2.05) is 12.3 Å². The fraction of sp³-hybridized carbons (Fsp3) is 0.444. The SMILES string of the molecule is CC(=O)N1CC[C@@]2(C1)CN(Cc1csc(C)n1)S(=O)(=O)c1ccccc1O2. The fourth-order valence-electron chi connectivity index (χ4n) is 3.69. The monoisotopic (exact) mass is 407 g/mol. The van der Waals surface area contributed by atoms with Crippen LogP contribution in [0.1, 0.15) is 24.0 Å². The van der Waals surface area contributed by atoms with Crippen LogP contribution < -0.4 is 4.74 Å². The highest BCUT2D eigenvalue weighted by atomic mass is 32.2. The first kappa shape index (κ1) is 18.4. The van der Waals surface area contributed by atoms with E-state index in [0.29, 0.717) is 25.3 Å². The van der Waals surface area contributed by atoms with Crippen LogP contribution in [0.4, 0.5) is 0 Å². The van der Waals surface area contributed by atoms with Crippen LogP contribution in [-0.2, 0) is 21.4 Å². The molecule has 2 aliphatic heterocycles. The lowest BCUT2D eigenvalue weighted by Gasteiger charge is -2.31. The molecule has 1 spiro atoms. The maximum Gasteiger partial charge on any atom is 0.247 e. The van der Waals surface area contributed by atoms with E-state index >= 15 is 0 Å². The van der Waals surface area contributed by atoms with Gasteiger partial charge in [0.25, 0.3) is 0 Å². The van der Waals surface area contributed by atoms with Crippen LogP contribution in [-0.4, -0.2) is 53.7 Å². The average Bonchev–Trinajstić information content (AvgIpc) is 3.19. The Morgan fingerprint density at radius 2 is 2.11 bits per heavy atom. The van der Waals surface area contributed by atoms with Gasteiger partial charge in [-0.25, -0.2) is 13.4 Å². The largest absolute Gasteiger partial charge is 0.483 e. The summed E-state index contributed by atoms with van der Waals surface area (Å²) in [6.45, 7) is 4.72. The highest BCUT2D eigenvalue weighted by molar-refractivity contribution is 7.89. The molecule has 0 saturated carbocycles. The van der Waals surface area contributed by atoms with Crippen LogP contribution in [0.5, 0.6) is 5.75 Å². The van der Waals surface area contributed by atoms with E-state index < -0.39 is 15.6 Å². The van der Waals surface area contributed by atoms with Crippen molar-refractivity contribution in [1.29, 1.82) is 0 Å². The van der Waals surface area contributed by atoms with E-state index in [1.54, 1.807) is 29.2 Å². The number of rotatable bonds is 2. The molecule has 0 aliphatic carbocycles. The van der Waals surface area contributed by atoms with Crippen LogP contribution in [0.3, 0.4) is 0 Å². The highest BCUT2D eigenvalue weighted by Crippen LogP contribution is 2.39. The number of likely N-dealkylation sites (tertiary alicyclic amines) is 1. The van der Waals surface area contributed by atoms with Gasteiger partial charge in [0.05, 0.1) is 30.3 Å². The third-order valence-electron chi connectivity index (χ3n) is 5.02. The molecule has 1 amide bonds. The lowest BCUT2D eigenvalue weighted by Crippen LogP contribution is -2.49. The number of amides is 1. The average molecular weight is 408 g/mol. The number of carbonyl (C=O) groups excluding carboxylic acids is 1. The maximum atomic E-state index is 13.3. The molecule has 1 atom stereocenters. The first-order valence-electron chi connectivity index (χ1n) is 8.74. The van der Waals surface area contributed by atoms with E-state index in [1.165, 1.54) is 22.6 Å². The first-order valence-corrected chi connectivity index (χ1v) is 11.1. The minimum Gasteiger partial charge on any atom is -0.483 e. The number of benzene rings is 1. The zero-order chi connectivity index (χ0) is 19.2. The van der Waals surface area contributed by atoms with Gasteiger partial charge in [0, 0.05) is 25.3 Å². The molecule has 1 aromatic carbocycles. The number of thiazole rings is 1. The Hall–Kier alpha value is -1.97. The van der Waals surface area contributed by atoms with Crippen LogP contribution in [0.15, 0.2) is 34.5 Å². The minimum atomic E-state index is -3.74. The van der Waals surface area contributed by atoms with Gasteiger partial charge in [-0.3, -0.25) is 4.79 Å². The Bertz CT molecular complexity index is 988. The van der Waals surface area contributed by atoms with Crippen LogP contribution in [0, 0.1) is 6.92 Å². The van der Waals surface area contributed by atoms with Gasteiger partial charge in [-0.2, -0.15) is 4.31 Å². The normalized spacial score (nSPS) is 24.4.